The highest BCUT2D eigenvalue weighted by atomic mass is 16.5. The van der Waals surface area contributed by atoms with Crippen LogP contribution in [-0.2, 0) is 0 Å². The predicted octanol–water partition coefficient (Wildman–Crippen LogP) is 0.835. The summed E-state index contributed by atoms with van der Waals surface area (Å²) in [5, 5.41) is 16.5. The largest absolute Gasteiger partial charge is 0.392 e. The van der Waals surface area contributed by atoms with Gasteiger partial charge in [0.25, 0.3) is 0 Å². The van der Waals surface area contributed by atoms with Crippen LogP contribution in [0.4, 0.5) is 0 Å². The van der Waals surface area contributed by atoms with Crippen molar-refractivity contribution in [2.75, 3.05) is 6.54 Å². The number of hydrogen-bond donors (Lipinski definition) is 2. The van der Waals surface area contributed by atoms with E-state index in [9.17, 15) is 5.11 Å². The van der Waals surface area contributed by atoms with E-state index < -0.39 is 0 Å². The molecule has 0 aromatic carbocycles. The van der Waals surface area contributed by atoms with Gasteiger partial charge in [0.15, 0.2) is 0 Å². The summed E-state index contributed by atoms with van der Waals surface area (Å²) in [6, 6.07) is 3.76. The van der Waals surface area contributed by atoms with Crippen LogP contribution in [0.25, 0.3) is 11.5 Å². The Bertz CT molecular complexity index is 555. The second-order valence-electron chi connectivity index (χ2n) is 4.53. The maximum atomic E-state index is 9.46. The van der Waals surface area contributed by atoms with E-state index in [1.165, 1.54) is 0 Å². The Morgan fingerprint density at radius 1 is 1.50 bits per heavy atom. The van der Waals surface area contributed by atoms with Gasteiger partial charge in [-0.2, -0.15) is 4.98 Å². The van der Waals surface area contributed by atoms with E-state index in [1.54, 1.807) is 6.20 Å². The van der Waals surface area contributed by atoms with Gasteiger partial charge in [-0.15, -0.1) is 0 Å². The Kier molecular flexibility index (Phi) is 2.81. The fourth-order valence-corrected chi connectivity index (χ4v) is 2.04. The lowest BCUT2D eigenvalue weighted by atomic mass is 10.2. The fraction of sp³-hybridized carbons (Fsp3) is 0.417. The summed E-state index contributed by atoms with van der Waals surface area (Å²) in [4.78, 5) is 8.53. The Labute approximate surface area is 104 Å². The minimum absolute atomic E-state index is 0.0638. The molecule has 0 aliphatic carbocycles. The molecule has 0 spiro atoms. The number of aliphatic hydroxyl groups excluding tert-OH is 1. The zero-order valence-electron chi connectivity index (χ0n) is 10.00. The van der Waals surface area contributed by atoms with Crippen LogP contribution in [0.3, 0.4) is 0 Å². The molecule has 1 saturated heterocycles. The molecule has 3 rings (SSSR count). The molecule has 0 bridgehead atoms. The van der Waals surface area contributed by atoms with Gasteiger partial charge in [-0.25, -0.2) is 0 Å². The molecule has 18 heavy (non-hydrogen) atoms. The predicted molar refractivity (Wildman–Crippen MR) is 63.6 cm³/mol. The first-order valence-corrected chi connectivity index (χ1v) is 5.90. The molecule has 0 unspecified atom stereocenters. The Hall–Kier alpha value is -1.79. The maximum Gasteiger partial charge on any atom is 0.244 e. The standard InChI is InChI=1S/C12H14N4O2/c1-7-2-3-13-9(4-7)11-15-12(18-16-11)10-5-8(17)6-14-10/h2-4,8,10,14,17H,5-6H2,1H3/t8-,10+/m0/s1. The van der Waals surface area contributed by atoms with E-state index in [4.69, 9.17) is 4.52 Å². The lowest BCUT2D eigenvalue weighted by molar-refractivity contribution is 0.191. The van der Waals surface area contributed by atoms with Crippen molar-refractivity contribution in [3.63, 3.8) is 0 Å². The number of β-amino-alcohol motifs (C(OH)–C–C–N with tert-alkyl or cyclic N) is 1. The number of nitrogens with zero attached hydrogens (tertiary/aromatic N) is 3. The Morgan fingerprint density at radius 3 is 3.11 bits per heavy atom. The zero-order valence-corrected chi connectivity index (χ0v) is 10.00. The summed E-state index contributed by atoms with van der Waals surface area (Å²) in [5.41, 5.74) is 1.80. The molecule has 2 aromatic heterocycles. The van der Waals surface area contributed by atoms with Crippen LogP contribution in [0.15, 0.2) is 22.9 Å². The number of pyridine rings is 1. The van der Waals surface area contributed by atoms with Crippen molar-refractivity contribution in [3.8, 4) is 11.5 Å². The topological polar surface area (TPSA) is 84.1 Å². The highest BCUT2D eigenvalue weighted by Crippen LogP contribution is 2.24. The first-order chi connectivity index (χ1) is 8.72. The molecule has 6 heteroatoms. The van der Waals surface area contributed by atoms with Gasteiger partial charge in [0.05, 0.1) is 12.1 Å². The SMILES string of the molecule is Cc1ccnc(-c2noc([C@H]3C[C@H](O)CN3)n2)c1. The van der Waals surface area contributed by atoms with Gasteiger partial charge in [0, 0.05) is 12.7 Å². The van der Waals surface area contributed by atoms with Crippen LogP contribution >= 0.6 is 0 Å². The second-order valence-corrected chi connectivity index (χ2v) is 4.53. The third kappa shape index (κ3) is 2.12. The molecule has 1 aliphatic heterocycles. The van der Waals surface area contributed by atoms with Crippen molar-refractivity contribution in [1.29, 1.82) is 0 Å². The number of hydrogen-bond acceptors (Lipinski definition) is 6. The van der Waals surface area contributed by atoms with Crippen molar-refractivity contribution in [1.82, 2.24) is 20.4 Å². The molecule has 2 atom stereocenters. The highest BCUT2D eigenvalue weighted by molar-refractivity contribution is 5.49. The van der Waals surface area contributed by atoms with E-state index in [0.29, 0.717) is 30.4 Å². The summed E-state index contributed by atoms with van der Waals surface area (Å²) in [5.74, 6) is 0.988. The Balaban J connectivity index is 1.85. The molecule has 1 aliphatic rings. The summed E-state index contributed by atoms with van der Waals surface area (Å²) in [6.45, 7) is 2.55. The van der Waals surface area contributed by atoms with Gasteiger partial charge in [0.1, 0.15) is 5.69 Å². The van der Waals surface area contributed by atoms with E-state index in [0.717, 1.165) is 5.56 Å². The normalized spacial score (nSPS) is 23.4. The van der Waals surface area contributed by atoms with Gasteiger partial charge < -0.3 is 14.9 Å². The molecule has 0 radical (unpaired) electrons. The van der Waals surface area contributed by atoms with Crippen molar-refractivity contribution in [3.05, 3.63) is 29.8 Å². The first kappa shape index (κ1) is 11.3. The van der Waals surface area contributed by atoms with Gasteiger partial charge in [-0.3, -0.25) is 4.98 Å². The number of nitrogens with one attached hydrogen (secondary N) is 1. The lowest BCUT2D eigenvalue weighted by Gasteiger charge is -2.01. The molecule has 1 fully saturated rings. The number of rotatable bonds is 2. The third-order valence-corrected chi connectivity index (χ3v) is 2.99. The molecule has 0 amide bonds. The van der Waals surface area contributed by atoms with Crippen molar-refractivity contribution < 1.29 is 9.63 Å². The van der Waals surface area contributed by atoms with Crippen molar-refractivity contribution >= 4 is 0 Å². The van der Waals surface area contributed by atoms with E-state index >= 15 is 0 Å². The van der Waals surface area contributed by atoms with Crippen LogP contribution in [0, 0.1) is 6.92 Å². The molecule has 94 valence electrons. The molecule has 3 heterocycles. The Morgan fingerprint density at radius 2 is 2.39 bits per heavy atom. The van der Waals surface area contributed by atoms with Gasteiger partial charge >= 0.3 is 0 Å². The monoisotopic (exact) mass is 246 g/mol. The molecular weight excluding hydrogens is 232 g/mol. The summed E-state index contributed by atoms with van der Waals surface area (Å²) >= 11 is 0. The van der Waals surface area contributed by atoms with Crippen LogP contribution in [0.5, 0.6) is 0 Å². The van der Waals surface area contributed by atoms with Crippen molar-refractivity contribution in [2.24, 2.45) is 0 Å². The highest BCUT2D eigenvalue weighted by Gasteiger charge is 2.28. The van der Waals surface area contributed by atoms with Crippen LogP contribution in [0.1, 0.15) is 23.9 Å². The maximum absolute atomic E-state index is 9.46. The smallest absolute Gasteiger partial charge is 0.244 e. The minimum atomic E-state index is -0.345. The van der Waals surface area contributed by atoms with E-state index in [-0.39, 0.29) is 12.1 Å². The summed E-state index contributed by atoms with van der Waals surface area (Å²) in [6.07, 6.45) is 1.98. The summed E-state index contributed by atoms with van der Waals surface area (Å²) in [7, 11) is 0. The molecule has 2 aromatic rings. The van der Waals surface area contributed by atoms with Gasteiger partial charge in [0.2, 0.25) is 11.7 Å². The lowest BCUT2D eigenvalue weighted by Crippen LogP contribution is -2.15. The average molecular weight is 246 g/mol. The molecule has 2 N–H and O–H groups in total. The quantitative estimate of drug-likeness (QED) is 0.816. The molecule has 0 saturated carbocycles. The van der Waals surface area contributed by atoms with Crippen LogP contribution in [-0.4, -0.2) is 32.9 Å². The second kappa shape index (κ2) is 4.47. The van der Waals surface area contributed by atoms with Gasteiger partial charge in [-0.05, 0) is 31.0 Å². The first-order valence-electron chi connectivity index (χ1n) is 5.90. The number of aryl methyl sites for hydroxylation is 1. The fourth-order valence-electron chi connectivity index (χ4n) is 2.04. The van der Waals surface area contributed by atoms with Crippen LogP contribution in [0.2, 0.25) is 0 Å². The van der Waals surface area contributed by atoms with E-state index in [1.807, 2.05) is 19.1 Å². The number of aromatic nitrogens is 3. The number of aliphatic hydroxyl groups is 1. The third-order valence-electron chi connectivity index (χ3n) is 2.99. The van der Waals surface area contributed by atoms with E-state index in [2.05, 4.69) is 20.4 Å². The zero-order chi connectivity index (χ0) is 12.5. The van der Waals surface area contributed by atoms with Crippen LogP contribution < -0.4 is 5.32 Å². The summed E-state index contributed by atoms with van der Waals surface area (Å²) < 4.78 is 5.22. The average Bonchev–Trinajstić information content (AvgIpc) is 2.97. The minimum Gasteiger partial charge on any atom is -0.392 e. The molecular formula is C12H14N4O2. The molecule has 6 nitrogen and oxygen atoms in total. The van der Waals surface area contributed by atoms with Crippen molar-refractivity contribution in [2.45, 2.75) is 25.5 Å². The van der Waals surface area contributed by atoms with Gasteiger partial charge in [-0.1, -0.05) is 5.16 Å².